The van der Waals surface area contributed by atoms with Crippen molar-refractivity contribution in [2.45, 2.75) is 20.8 Å². The fourth-order valence-electron chi connectivity index (χ4n) is 1.73. The normalized spacial score (nSPS) is 9.67. The minimum atomic E-state index is -0.676. The highest BCUT2D eigenvalue weighted by Crippen LogP contribution is 2.15. The first-order valence-corrected chi connectivity index (χ1v) is 7.01. The predicted octanol–water partition coefficient (Wildman–Crippen LogP) is 2.52. The molecule has 0 unspecified atom stereocenters. The van der Waals surface area contributed by atoms with Crippen LogP contribution in [-0.2, 0) is 19.1 Å². The summed E-state index contributed by atoms with van der Waals surface area (Å²) in [5.41, 5.74) is 0.774. The number of nitrogens with zero attached hydrogens (tertiary/aromatic N) is 1. The zero-order valence-corrected chi connectivity index (χ0v) is 12.7. The maximum absolute atomic E-state index is 11.9. The van der Waals surface area contributed by atoms with Gasteiger partial charge in [0.2, 0.25) is 0 Å². The number of benzene rings is 1. The van der Waals surface area contributed by atoms with Crippen LogP contribution in [0.3, 0.4) is 0 Å². The van der Waals surface area contributed by atoms with E-state index in [0.29, 0.717) is 6.54 Å². The molecule has 0 atom stereocenters. The molecule has 0 aliphatic rings. The third kappa shape index (κ3) is 4.95. The number of esters is 2. The Kier molecular flexibility index (Phi) is 7.01. The van der Waals surface area contributed by atoms with Crippen molar-refractivity contribution in [3.63, 3.8) is 0 Å². The van der Waals surface area contributed by atoms with Crippen LogP contribution in [0.2, 0.25) is 0 Å². The van der Waals surface area contributed by atoms with Crippen LogP contribution >= 0.6 is 0 Å². The van der Waals surface area contributed by atoms with Gasteiger partial charge in [0.05, 0.1) is 13.2 Å². The smallest absolute Gasteiger partial charge is 0.347 e. The maximum Gasteiger partial charge on any atom is 0.347 e. The van der Waals surface area contributed by atoms with Crippen molar-refractivity contribution in [2.75, 3.05) is 24.7 Å². The van der Waals surface area contributed by atoms with Gasteiger partial charge < -0.3 is 14.4 Å². The predicted molar refractivity (Wildman–Crippen MR) is 80.8 cm³/mol. The number of hydrogen-bond acceptors (Lipinski definition) is 5. The Morgan fingerprint density at radius 2 is 1.52 bits per heavy atom. The van der Waals surface area contributed by atoms with Crippen LogP contribution in [0.1, 0.15) is 20.8 Å². The number of carbonyl (C=O) groups excluding carboxylic acids is 2. The second kappa shape index (κ2) is 8.79. The number of carbonyl (C=O) groups is 2. The van der Waals surface area contributed by atoms with Crippen LogP contribution in [0.25, 0.3) is 0 Å². The van der Waals surface area contributed by atoms with Crippen molar-refractivity contribution >= 4 is 17.6 Å². The van der Waals surface area contributed by atoms with Crippen molar-refractivity contribution in [1.29, 1.82) is 0 Å². The van der Waals surface area contributed by atoms with E-state index in [1.807, 2.05) is 37.3 Å². The van der Waals surface area contributed by atoms with Crippen molar-refractivity contribution in [3.8, 4) is 0 Å². The first-order valence-electron chi connectivity index (χ1n) is 7.01. The Bertz CT molecular complexity index is 476. The first-order chi connectivity index (χ1) is 10.1. The first kappa shape index (κ1) is 16.8. The fraction of sp³-hybridized carbons (Fsp3) is 0.375. The number of anilines is 1. The van der Waals surface area contributed by atoms with Gasteiger partial charge in [-0.05, 0) is 32.9 Å². The Hall–Kier alpha value is -2.30. The molecule has 5 heteroatoms. The summed E-state index contributed by atoms with van der Waals surface area (Å²) in [6, 6.07) is 9.47. The van der Waals surface area contributed by atoms with Crippen LogP contribution in [-0.4, -0.2) is 31.7 Å². The van der Waals surface area contributed by atoms with Gasteiger partial charge in [0.1, 0.15) is 0 Å². The Balaban J connectivity index is 3.09. The molecule has 0 N–H and O–H groups in total. The molecule has 5 nitrogen and oxygen atoms in total. The van der Waals surface area contributed by atoms with Gasteiger partial charge in [-0.25, -0.2) is 9.59 Å². The molecule has 0 fully saturated rings. The standard InChI is InChI=1S/C16H21NO4/c1-4-17(13-10-8-7-9-11-13)12-14(15(18)20-5-2)16(19)21-6-3/h7-12H,4-6H2,1-3H3. The average Bonchev–Trinajstić information content (AvgIpc) is 2.49. The van der Waals surface area contributed by atoms with Gasteiger partial charge in [-0.2, -0.15) is 0 Å². The molecule has 0 aliphatic heterocycles. The van der Waals surface area contributed by atoms with E-state index in [0.717, 1.165) is 5.69 Å². The lowest BCUT2D eigenvalue weighted by Crippen LogP contribution is -2.24. The van der Waals surface area contributed by atoms with E-state index in [1.54, 1.807) is 18.7 Å². The number of rotatable bonds is 7. The lowest BCUT2D eigenvalue weighted by atomic mass is 10.2. The summed E-state index contributed by atoms with van der Waals surface area (Å²) < 4.78 is 9.84. The minimum absolute atomic E-state index is 0.107. The average molecular weight is 291 g/mol. The Morgan fingerprint density at radius 3 is 1.95 bits per heavy atom. The summed E-state index contributed by atoms with van der Waals surface area (Å²) >= 11 is 0. The number of para-hydroxylation sites is 1. The minimum Gasteiger partial charge on any atom is -0.462 e. The largest absolute Gasteiger partial charge is 0.462 e. The molecule has 1 rings (SSSR count). The van der Waals surface area contributed by atoms with Crippen LogP contribution in [0.5, 0.6) is 0 Å². The number of ether oxygens (including phenoxy) is 2. The second-order valence-electron chi connectivity index (χ2n) is 4.11. The van der Waals surface area contributed by atoms with Gasteiger partial charge in [0.25, 0.3) is 0 Å². The quantitative estimate of drug-likeness (QED) is 0.334. The molecule has 1 aromatic rings. The summed E-state index contributed by atoms with van der Waals surface area (Å²) in [6.07, 6.45) is 1.48. The zero-order chi connectivity index (χ0) is 15.7. The number of hydrogen-bond donors (Lipinski definition) is 0. The highest BCUT2D eigenvalue weighted by molar-refractivity contribution is 6.14. The van der Waals surface area contributed by atoms with Crippen molar-refractivity contribution in [2.24, 2.45) is 0 Å². The maximum atomic E-state index is 11.9. The Labute approximate surface area is 125 Å². The SMILES string of the molecule is CCOC(=O)C(=CN(CC)c1ccccc1)C(=O)OCC. The summed E-state index contributed by atoms with van der Waals surface area (Å²) in [7, 11) is 0. The summed E-state index contributed by atoms with van der Waals surface area (Å²) in [6.45, 7) is 6.31. The molecule has 21 heavy (non-hydrogen) atoms. The topological polar surface area (TPSA) is 55.8 Å². The van der Waals surface area contributed by atoms with Gasteiger partial charge >= 0.3 is 11.9 Å². The molecular weight excluding hydrogens is 270 g/mol. The molecule has 0 heterocycles. The molecule has 0 aliphatic carbocycles. The Morgan fingerprint density at radius 1 is 1.00 bits per heavy atom. The van der Waals surface area contributed by atoms with Gasteiger partial charge in [-0.3, -0.25) is 0 Å². The van der Waals surface area contributed by atoms with E-state index in [-0.39, 0.29) is 18.8 Å². The molecule has 0 spiro atoms. The molecule has 1 aromatic carbocycles. The van der Waals surface area contributed by atoms with Crippen molar-refractivity contribution in [3.05, 3.63) is 42.1 Å². The van der Waals surface area contributed by atoms with E-state index < -0.39 is 11.9 Å². The zero-order valence-electron chi connectivity index (χ0n) is 12.7. The van der Waals surface area contributed by atoms with Crippen LogP contribution in [0.4, 0.5) is 5.69 Å². The highest BCUT2D eigenvalue weighted by atomic mass is 16.6. The van der Waals surface area contributed by atoms with E-state index in [9.17, 15) is 9.59 Å². The molecule has 0 bridgehead atoms. The lowest BCUT2D eigenvalue weighted by Gasteiger charge is -2.19. The summed E-state index contributed by atoms with van der Waals surface area (Å²) in [5.74, 6) is -1.35. The summed E-state index contributed by atoms with van der Waals surface area (Å²) in [4.78, 5) is 25.6. The fourth-order valence-corrected chi connectivity index (χ4v) is 1.73. The lowest BCUT2D eigenvalue weighted by molar-refractivity contribution is -0.146. The summed E-state index contributed by atoms with van der Waals surface area (Å²) in [5, 5.41) is 0. The van der Waals surface area contributed by atoms with Gasteiger partial charge in [0.15, 0.2) is 5.57 Å². The van der Waals surface area contributed by atoms with Crippen LogP contribution < -0.4 is 4.90 Å². The van der Waals surface area contributed by atoms with Gasteiger partial charge in [0, 0.05) is 18.4 Å². The molecule has 0 amide bonds. The van der Waals surface area contributed by atoms with E-state index in [4.69, 9.17) is 9.47 Å². The van der Waals surface area contributed by atoms with Gasteiger partial charge in [-0.15, -0.1) is 0 Å². The molecule has 114 valence electrons. The van der Waals surface area contributed by atoms with Crippen molar-refractivity contribution in [1.82, 2.24) is 0 Å². The van der Waals surface area contributed by atoms with E-state index in [1.165, 1.54) is 6.20 Å². The van der Waals surface area contributed by atoms with E-state index >= 15 is 0 Å². The molecule has 0 saturated heterocycles. The second-order valence-corrected chi connectivity index (χ2v) is 4.11. The van der Waals surface area contributed by atoms with Gasteiger partial charge in [-0.1, -0.05) is 18.2 Å². The highest BCUT2D eigenvalue weighted by Gasteiger charge is 2.22. The molecule has 0 radical (unpaired) electrons. The van der Waals surface area contributed by atoms with Crippen molar-refractivity contribution < 1.29 is 19.1 Å². The van der Waals surface area contributed by atoms with Crippen LogP contribution in [0, 0.1) is 0 Å². The molecular formula is C16H21NO4. The van der Waals surface area contributed by atoms with Crippen LogP contribution in [0.15, 0.2) is 42.1 Å². The third-order valence-electron chi connectivity index (χ3n) is 2.70. The third-order valence-corrected chi connectivity index (χ3v) is 2.70. The van der Waals surface area contributed by atoms with E-state index in [2.05, 4.69) is 0 Å². The molecule has 0 aromatic heterocycles. The molecule has 0 saturated carbocycles. The monoisotopic (exact) mass is 291 g/mol.